The summed E-state index contributed by atoms with van der Waals surface area (Å²) in [5, 5.41) is 5.19. The van der Waals surface area contributed by atoms with Crippen molar-refractivity contribution in [2.75, 3.05) is 25.2 Å². The van der Waals surface area contributed by atoms with E-state index in [1.165, 1.54) is 6.33 Å². The lowest BCUT2D eigenvalue weighted by Gasteiger charge is -2.12. The molecule has 33 heavy (non-hydrogen) atoms. The van der Waals surface area contributed by atoms with E-state index in [9.17, 15) is 0 Å². The number of nitrogen functional groups attached to an aromatic ring is 1. The van der Waals surface area contributed by atoms with Crippen LogP contribution in [-0.2, 0) is 6.61 Å². The van der Waals surface area contributed by atoms with E-state index in [1.54, 1.807) is 13.3 Å². The molecule has 0 unspecified atom stereocenters. The number of aromatic nitrogens is 4. The largest absolute Gasteiger partial charge is 0.497 e. The topological polar surface area (TPSA) is 100 Å². The number of nitrogens with two attached hydrogens (primary N) is 1. The van der Waals surface area contributed by atoms with Crippen molar-refractivity contribution in [3.63, 3.8) is 0 Å². The Morgan fingerprint density at radius 1 is 1.06 bits per heavy atom. The van der Waals surface area contributed by atoms with Crippen LogP contribution in [0.15, 0.2) is 61.1 Å². The zero-order chi connectivity index (χ0) is 22.9. The predicted octanol–water partition coefficient (Wildman–Crippen LogP) is 4.83. The first-order valence-corrected chi connectivity index (χ1v) is 10.6. The summed E-state index contributed by atoms with van der Waals surface area (Å²) in [6, 6.07) is 15.6. The zero-order valence-corrected chi connectivity index (χ0v) is 18.8. The van der Waals surface area contributed by atoms with Gasteiger partial charge in [0.1, 0.15) is 36.1 Å². The van der Waals surface area contributed by atoms with Crippen molar-refractivity contribution >= 4 is 45.2 Å². The van der Waals surface area contributed by atoms with Crippen LogP contribution in [0, 0.1) is 0 Å². The molecule has 0 aliphatic carbocycles. The van der Waals surface area contributed by atoms with E-state index in [1.807, 2.05) is 60.1 Å². The number of hydrogen-bond acceptors (Lipinski definition) is 7. The summed E-state index contributed by atoms with van der Waals surface area (Å²) in [7, 11) is 3.47. The minimum absolute atomic E-state index is 0.335. The molecule has 0 radical (unpaired) electrons. The van der Waals surface area contributed by atoms with Crippen LogP contribution in [-0.4, -0.2) is 33.7 Å². The number of pyridine rings is 1. The fourth-order valence-electron chi connectivity index (χ4n) is 3.71. The van der Waals surface area contributed by atoms with Gasteiger partial charge in [0.25, 0.3) is 0 Å². The van der Waals surface area contributed by atoms with Crippen molar-refractivity contribution in [3.8, 4) is 17.2 Å². The number of nitrogens with one attached hydrogen (secondary N) is 1. The third-order valence-electron chi connectivity index (χ3n) is 5.36. The number of fused-ring (bicyclic) bond motifs is 2. The van der Waals surface area contributed by atoms with Gasteiger partial charge in [-0.1, -0.05) is 11.6 Å². The molecule has 9 heteroatoms. The van der Waals surface area contributed by atoms with Crippen LogP contribution in [0.4, 0.5) is 11.6 Å². The highest BCUT2D eigenvalue weighted by Gasteiger charge is 2.14. The van der Waals surface area contributed by atoms with Gasteiger partial charge in [-0.25, -0.2) is 15.0 Å². The Kier molecular flexibility index (Phi) is 5.35. The molecule has 3 heterocycles. The Morgan fingerprint density at radius 3 is 2.73 bits per heavy atom. The molecule has 0 fully saturated rings. The molecule has 0 amide bonds. The van der Waals surface area contributed by atoms with Gasteiger partial charge in [-0.05, 0) is 42.0 Å². The summed E-state index contributed by atoms with van der Waals surface area (Å²) in [4.78, 5) is 13.0. The smallest absolute Gasteiger partial charge is 0.151 e. The number of rotatable bonds is 6. The molecular formula is C24H21ClN6O2. The first kappa shape index (κ1) is 20.8. The number of methoxy groups -OCH3 is 1. The maximum absolute atomic E-state index is 6.41. The van der Waals surface area contributed by atoms with Gasteiger partial charge in [-0.15, -0.1) is 0 Å². The summed E-state index contributed by atoms with van der Waals surface area (Å²) in [5.41, 5.74) is 9.22. The van der Waals surface area contributed by atoms with Crippen molar-refractivity contribution in [2.45, 2.75) is 6.61 Å². The Morgan fingerprint density at radius 2 is 1.91 bits per heavy atom. The molecule has 0 saturated heterocycles. The van der Waals surface area contributed by atoms with Gasteiger partial charge < -0.3 is 20.5 Å². The van der Waals surface area contributed by atoms with E-state index >= 15 is 0 Å². The van der Waals surface area contributed by atoms with E-state index in [0.29, 0.717) is 34.2 Å². The van der Waals surface area contributed by atoms with E-state index in [4.69, 9.17) is 26.8 Å². The maximum Gasteiger partial charge on any atom is 0.151 e. The monoisotopic (exact) mass is 460 g/mol. The number of anilines is 2. The number of nitrogens with zero attached hydrogens (tertiary/aromatic N) is 4. The fraction of sp³-hybridized carbons (Fsp3) is 0.125. The van der Waals surface area contributed by atoms with Crippen molar-refractivity contribution in [1.82, 2.24) is 19.5 Å². The second kappa shape index (κ2) is 8.48. The van der Waals surface area contributed by atoms with Gasteiger partial charge in [0.05, 0.1) is 28.7 Å². The first-order chi connectivity index (χ1) is 16.1. The summed E-state index contributed by atoms with van der Waals surface area (Å²) in [6.45, 7) is 0.339. The second-order valence-electron chi connectivity index (χ2n) is 7.43. The van der Waals surface area contributed by atoms with Crippen LogP contribution in [0.25, 0.3) is 27.6 Å². The molecule has 3 N–H and O–H groups in total. The molecule has 0 aliphatic heterocycles. The lowest BCUT2D eigenvalue weighted by molar-refractivity contribution is 0.305. The molecule has 2 aromatic carbocycles. The van der Waals surface area contributed by atoms with Crippen molar-refractivity contribution in [3.05, 3.63) is 71.6 Å². The number of hydrogen-bond donors (Lipinski definition) is 2. The lowest BCUT2D eigenvalue weighted by Crippen LogP contribution is -2.01. The third kappa shape index (κ3) is 3.96. The van der Waals surface area contributed by atoms with Crippen LogP contribution in [0.3, 0.4) is 0 Å². The van der Waals surface area contributed by atoms with Crippen molar-refractivity contribution in [2.24, 2.45) is 0 Å². The van der Waals surface area contributed by atoms with Gasteiger partial charge in [-0.3, -0.25) is 4.57 Å². The van der Waals surface area contributed by atoms with Crippen LogP contribution >= 0.6 is 11.6 Å². The summed E-state index contributed by atoms with van der Waals surface area (Å²) in [5.74, 6) is 2.55. The van der Waals surface area contributed by atoms with Crippen LogP contribution in [0.1, 0.15) is 5.56 Å². The molecule has 5 rings (SSSR count). The molecule has 5 aromatic rings. The molecular weight excluding hydrogens is 440 g/mol. The first-order valence-electron chi connectivity index (χ1n) is 10.2. The lowest BCUT2D eigenvalue weighted by atomic mass is 10.2. The van der Waals surface area contributed by atoms with Gasteiger partial charge in [-0.2, -0.15) is 0 Å². The highest BCUT2D eigenvalue weighted by molar-refractivity contribution is 6.36. The van der Waals surface area contributed by atoms with Crippen LogP contribution in [0.2, 0.25) is 5.02 Å². The second-order valence-corrected chi connectivity index (χ2v) is 7.84. The highest BCUT2D eigenvalue weighted by Crippen LogP contribution is 2.32. The van der Waals surface area contributed by atoms with Crippen molar-refractivity contribution < 1.29 is 9.47 Å². The molecule has 0 spiro atoms. The minimum Gasteiger partial charge on any atom is -0.497 e. The van der Waals surface area contributed by atoms with Gasteiger partial charge >= 0.3 is 0 Å². The van der Waals surface area contributed by atoms with E-state index in [0.717, 1.165) is 33.7 Å². The molecule has 0 bridgehead atoms. The van der Waals surface area contributed by atoms with Gasteiger partial charge in [0.2, 0.25) is 0 Å². The number of ether oxygens (including phenoxy) is 2. The molecule has 8 nitrogen and oxygen atoms in total. The Bertz CT molecular complexity index is 1480. The summed E-state index contributed by atoms with van der Waals surface area (Å²) < 4.78 is 13.5. The Hall–Kier alpha value is -4.04. The van der Waals surface area contributed by atoms with Gasteiger partial charge in [0, 0.05) is 30.8 Å². The molecule has 0 aliphatic rings. The number of benzene rings is 2. The zero-order valence-electron chi connectivity index (χ0n) is 18.0. The third-order valence-corrected chi connectivity index (χ3v) is 5.64. The quantitative estimate of drug-likeness (QED) is 0.374. The van der Waals surface area contributed by atoms with Crippen molar-refractivity contribution in [1.29, 1.82) is 0 Å². The van der Waals surface area contributed by atoms with Crippen LogP contribution < -0.4 is 20.5 Å². The predicted molar refractivity (Wildman–Crippen MR) is 130 cm³/mol. The van der Waals surface area contributed by atoms with E-state index in [-0.39, 0.29) is 0 Å². The molecule has 0 saturated carbocycles. The maximum atomic E-state index is 6.41. The van der Waals surface area contributed by atoms with E-state index < -0.39 is 0 Å². The normalized spacial score (nSPS) is 11.1. The highest BCUT2D eigenvalue weighted by atomic mass is 35.5. The Balaban J connectivity index is 1.47. The average molecular weight is 461 g/mol. The summed E-state index contributed by atoms with van der Waals surface area (Å²) >= 11 is 6.41. The number of halogens is 1. The molecule has 166 valence electrons. The van der Waals surface area contributed by atoms with Gasteiger partial charge in [0.15, 0.2) is 5.65 Å². The molecule has 0 atom stereocenters. The molecule has 3 aromatic heterocycles. The average Bonchev–Trinajstić information content (AvgIpc) is 3.19. The summed E-state index contributed by atoms with van der Waals surface area (Å²) in [6.07, 6.45) is 3.19. The van der Waals surface area contributed by atoms with E-state index in [2.05, 4.69) is 20.3 Å². The SMILES string of the molecule is CNc1ccc2ccc(OCc3cc(OC)cc(-n4cc(Cl)c5c(N)ncnc54)c3)cc2n1. The minimum atomic E-state index is 0.335. The van der Waals surface area contributed by atoms with Crippen LogP contribution in [0.5, 0.6) is 11.5 Å². The standard InChI is InChI=1S/C24H21ClN6O2/c1-27-21-6-4-15-3-5-17(10-20(15)30-21)33-12-14-7-16(9-18(8-14)32-2)31-11-19(25)22-23(26)28-13-29-24(22)31/h3-11,13H,12H2,1-2H3,(H,27,30)(H2,26,28,29). The fourth-order valence-corrected chi connectivity index (χ4v) is 3.99. The Labute approximate surface area is 195 Å².